The number of hydrogen-bond donors (Lipinski definition) is 4. The number of rotatable bonds is 14. The number of nitrogens with one attached hydrogen (secondary N) is 1. The average Bonchev–Trinajstić information content (AvgIpc) is 2.74. The second-order valence-electron chi connectivity index (χ2n) is 8.30. The zero-order valence-corrected chi connectivity index (χ0v) is 18.6. The van der Waals surface area contributed by atoms with Crippen LogP contribution >= 0.6 is 0 Å². The number of hydrogen-bond acceptors (Lipinski definition) is 7. The summed E-state index contributed by atoms with van der Waals surface area (Å²) < 4.78 is 11.3. The molecule has 1 aromatic carbocycles. The Morgan fingerprint density at radius 2 is 1.90 bits per heavy atom. The Labute approximate surface area is 186 Å². The smallest absolute Gasteiger partial charge is 0.161 e. The van der Waals surface area contributed by atoms with E-state index in [0.717, 1.165) is 31.5 Å². The van der Waals surface area contributed by atoms with Gasteiger partial charge in [-0.2, -0.15) is 0 Å². The number of methoxy groups -OCH3 is 1. The molecule has 7 nitrogen and oxygen atoms in total. The van der Waals surface area contributed by atoms with Crippen molar-refractivity contribution in [2.45, 2.75) is 50.0 Å². The van der Waals surface area contributed by atoms with Crippen molar-refractivity contribution in [3.8, 4) is 11.5 Å². The van der Waals surface area contributed by atoms with Crippen molar-refractivity contribution in [2.24, 2.45) is 0 Å². The number of ether oxygens (including phenoxy) is 2. The molecule has 1 aliphatic heterocycles. The molecule has 0 saturated carbocycles. The molecule has 2 rings (SSSR count). The van der Waals surface area contributed by atoms with Gasteiger partial charge in [0.1, 0.15) is 12.7 Å². The van der Waals surface area contributed by atoms with Gasteiger partial charge in [-0.3, -0.25) is 0 Å². The minimum absolute atomic E-state index is 0.170. The molecule has 0 radical (unpaired) electrons. The summed E-state index contributed by atoms with van der Waals surface area (Å²) in [6.07, 6.45) is 5.05. The molecule has 1 atom stereocenters. The topological polar surface area (TPSA) is 94.4 Å². The van der Waals surface area contributed by atoms with E-state index >= 15 is 0 Å². The molecule has 4 N–H and O–H groups in total. The third-order valence-corrected chi connectivity index (χ3v) is 5.52. The first-order valence-corrected chi connectivity index (χ1v) is 10.9. The molecule has 1 aliphatic rings. The molecule has 174 valence electrons. The van der Waals surface area contributed by atoms with Gasteiger partial charge in [-0.05, 0) is 43.4 Å². The van der Waals surface area contributed by atoms with Gasteiger partial charge in [0.15, 0.2) is 11.5 Å². The number of aliphatic hydroxyl groups is 3. The molecule has 31 heavy (non-hydrogen) atoms. The zero-order chi connectivity index (χ0) is 22.7. The van der Waals surface area contributed by atoms with Crippen LogP contribution < -0.4 is 14.8 Å². The van der Waals surface area contributed by atoms with Crippen LogP contribution in [0, 0.1) is 0 Å². The molecule has 1 aromatic rings. The van der Waals surface area contributed by atoms with Crippen molar-refractivity contribution in [1.29, 1.82) is 0 Å². The standard InChI is InChI=1S/C24H38N2O5/c1-4-10-24(29,11-5-2)18-25-15-19-6-7-22(23(14-19)30-3)31-17-21(28)16-26-12-8-20(27)9-13-26/h4-7,14,20-21,25,27-29H,1-2,8-13,15-18H2,3H3/t21-/m1/s1. The Hall–Kier alpha value is -1.90. The molecule has 0 bridgehead atoms. The lowest BCUT2D eigenvalue weighted by Crippen LogP contribution is -2.41. The summed E-state index contributed by atoms with van der Waals surface area (Å²) in [5.74, 6) is 1.18. The lowest BCUT2D eigenvalue weighted by atomic mass is 9.95. The van der Waals surface area contributed by atoms with Crippen LogP contribution in [0.25, 0.3) is 0 Å². The van der Waals surface area contributed by atoms with Crippen LogP contribution in [0.1, 0.15) is 31.2 Å². The highest BCUT2D eigenvalue weighted by atomic mass is 16.5. The molecule has 0 aromatic heterocycles. The third kappa shape index (κ3) is 8.63. The first kappa shape index (κ1) is 25.4. The molecule has 1 fully saturated rings. The van der Waals surface area contributed by atoms with Crippen molar-refractivity contribution in [3.63, 3.8) is 0 Å². The molecular formula is C24H38N2O5. The number of benzene rings is 1. The average molecular weight is 435 g/mol. The molecule has 0 aliphatic carbocycles. The van der Waals surface area contributed by atoms with Crippen molar-refractivity contribution in [1.82, 2.24) is 10.2 Å². The van der Waals surface area contributed by atoms with Gasteiger partial charge in [-0.1, -0.05) is 18.2 Å². The Bertz CT molecular complexity index is 679. The van der Waals surface area contributed by atoms with Crippen LogP contribution in [0.5, 0.6) is 11.5 Å². The van der Waals surface area contributed by atoms with Crippen molar-refractivity contribution >= 4 is 0 Å². The Morgan fingerprint density at radius 3 is 2.52 bits per heavy atom. The second-order valence-corrected chi connectivity index (χ2v) is 8.30. The summed E-state index contributed by atoms with van der Waals surface area (Å²) in [5.41, 5.74) is 0.107. The van der Waals surface area contributed by atoms with Crippen LogP contribution in [-0.2, 0) is 6.54 Å². The Kier molecular flexibility index (Phi) is 10.5. The lowest BCUT2D eigenvalue weighted by molar-refractivity contribution is 0.0333. The van der Waals surface area contributed by atoms with Crippen LogP contribution in [0.4, 0.5) is 0 Å². The SMILES string of the molecule is C=CCC(O)(CC=C)CNCc1ccc(OC[C@H](O)CN2CCC(O)CC2)c(OC)c1. The third-order valence-electron chi connectivity index (χ3n) is 5.52. The Balaban J connectivity index is 1.83. The van der Waals surface area contributed by atoms with E-state index in [1.807, 2.05) is 18.2 Å². The number of β-amino-alcohol motifs (C(OH)–C–C–N with tert-alkyl or cyclic N) is 1. The highest BCUT2D eigenvalue weighted by molar-refractivity contribution is 5.43. The van der Waals surface area contributed by atoms with Gasteiger partial charge in [0.2, 0.25) is 0 Å². The fraction of sp³-hybridized carbons (Fsp3) is 0.583. The normalized spacial score (nSPS) is 16.6. The van der Waals surface area contributed by atoms with E-state index in [1.54, 1.807) is 19.3 Å². The predicted molar refractivity (Wildman–Crippen MR) is 122 cm³/mol. The number of nitrogens with zero attached hydrogens (tertiary/aromatic N) is 1. The Morgan fingerprint density at radius 1 is 1.23 bits per heavy atom. The molecule has 0 unspecified atom stereocenters. The summed E-state index contributed by atoms with van der Waals surface area (Å²) in [7, 11) is 1.59. The minimum Gasteiger partial charge on any atom is -0.493 e. The van der Waals surface area contributed by atoms with E-state index in [2.05, 4.69) is 23.4 Å². The molecule has 1 heterocycles. The number of piperidine rings is 1. The first-order chi connectivity index (χ1) is 14.9. The highest BCUT2D eigenvalue weighted by Gasteiger charge is 2.23. The van der Waals surface area contributed by atoms with E-state index in [-0.39, 0.29) is 12.7 Å². The first-order valence-electron chi connectivity index (χ1n) is 10.9. The minimum atomic E-state index is -0.890. The van der Waals surface area contributed by atoms with Gasteiger partial charge >= 0.3 is 0 Å². The largest absolute Gasteiger partial charge is 0.493 e. The lowest BCUT2D eigenvalue weighted by Gasteiger charge is -2.30. The second kappa shape index (κ2) is 12.8. The van der Waals surface area contributed by atoms with Crippen LogP contribution in [0.3, 0.4) is 0 Å². The van der Waals surface area contributed by atoms with E-state index in [9.17, 15) is 15.3 Å². The van der Waals surface area contributed by atoms with E-state index in [0.29, 0.717) is 44.0 Å². The van der Waals surface area contributed by atoms with Crippen molar-refractivity contribution < 1.29 is 24.8 Å². The van der Waals surface area contributed by atoms with Gasteiger partial charge in [0, 0.05) is 32.7 Å². The van der Waals surface area contributed by atoms with Gasteiger partial charge < -0.3 is 35.0 Å². The molecule has 0 amide bonds. The maximum absolute atomic E-state index is 10.6. The van der Waals surface area contributed by atoms with Crippen LogP contribution in [0.15, 0.2) is 43.5 Å². The van der Waals surface area contributed by atoms with Gasteiger partial charge in [0.05, 0.1) is 18.8 Å². The summed E-state index contributed by atoms with van der Waals surface area (Å²) in [6, 6.07) is 5.66. The van der Waals surface area contributed by atoms with E-state index in [4.69, 9.17) is 9.47 Å². The van der Waals surface area contributed by atoms with Gasteiger partial charge in [0.25, 0.3) is 0 Å². The summed E-state index contributed by atoms with van der Waals surface area (Å²) in [5, 5.41) is 33.8. The maximum atomic E-state index is 10.6. The van der Waals surface area contributed by atoms with Gasteiger partial charge in [-0.25, -0.2) is 0 Å². The molecule has 1 saturated heterocycles. The summed E-state index contributed by atoms with van der Waals surface area (Å²) in [6.45, 7) is 10.7. The molecule has 7 heteroatoms. The highest BCUT2D eigenvalue weighted by Crippen LogP contribution is 2.28. The van der Waals surface area contributed by atoms with Crippen LogP contribution in [-0.4, -0.2) is 77.9 Å². The summed E-state index contributed by atoms with van der Waals surface area (Å²) in [4.78, 5) is 2.15. The quantitative estimate of drug-likeness (QED) is 0.332. The molecular weight excluding hydrogens is 396 g/mol. The monoisotopic (exact) mass is 434 g/mol. The number of likely N-dealkylation sites (tertiary alicyclic amines) is 1. The zero-order valence-electron chi connectivity index (χ0n) is 18.6. The summed E-state index contributed by atoms with van der Waals surface area (Å²) >= 11 is 0. The van der Waals surface area contributed by atoms with Gasteiger partial charge in [-0.15, -0.1) is 13.2 Å². The number of aliphatic hydroxyl groups excluding tert-OH is 2. The molecule has 0 spiro atoms. The fourth-order valence-electron chi connectivity index (χ4n) is 3.78. The van der Waals surface area contributed by atoms with Crippen LogP contribution in [0.2, 0.25) is 0 Å². The maximum Gasteiger partial charge on any atom is 0.161 e. The van der Waals surface area contributed by atoms with E-state index < -0.39 is 11.7 Å². The van der Waals surface area contributed by atoms with E-state index in [1.165, 1.54) is 0 Å². The van der Waals surface area contributed by atoms with Crippen molar-refractivity contribution in [3.05, 3.63) is 49.1 Å². The van der Waals surface area contributed by atoms with Crippen molar-refractivity contribution in [2.75, 3.05) is 39.9 Å². The predicted octanol–water partition coefficient (Wildman–Crippen LogP) is 1.86. The fourth-order valence-corrected chi connectivity index (χ4v) is 3.78.